The van der Waals surface area contributed by atoms with Gasteiger partial charge in [-0.1, -0.05) is 0 Å². The number of likely N-dealkylation sites (tertiary alicyclic amines) is 3. The van der Waals surface area contributed by atoms with Crippen LogP contribution in [0.25, 0.3) is 0 Å². The summed E-state index contributed by atoms with van der Waals surface area (Å²) >= 11 is 0. The maximum absolute atomic E-state index is 11.4. The highest BCUT2D eigenvalue weighted by Gasteiger charge is 2.45. The molecule has 4 saturated heterocycles. The lowest BCUT2D eigenvalue weighted by Gasteiger charge is -2.36. The molecule has 4 heterocycles. The summed E-state index contributed by atoms with van der Waals surface area (Å²) in [6.45, 7) is 6.11. The maximum Gasteiger partial charge on any atom is 0.410 e. The first-order chi connectivity index (χ1) is 12.2. The summed E-state index contributed by atoms with van der Waals surface area (Å²) in [5.74, 6) is 0.338. The van der Waals surface area contributed by atoms with Gasteiger partial charge in [0.15, 0.2) is 0 Å². The van der Waals surface area contributed by atoms with Gasteiger partial charge < -0.3 is 24.3 Å². The van der Waals surface area contributed by atoms with Crippen LogP contribution in [0, 0.1) is 5.41 Å². The molecule has 7 nitrogen and oxygen atoms in total. The van der Waals surface area contributed by atoms with Gasteiger partial charge in [-0.25, -0.2) is 4.79 Å². The summed E-state index contributed by atoms with van der Waals surface area (Å²) in [5, 5.41) is 0. The molecule has 7 heteroatoms. The monoisotopic (exact) mass is 366 g/mol. The molecule has 0 aliphatic carbocycles. The van der Waals surface area contributed by atoms with Gasteiger partial charge in [-0.2, -0.15) is 0 Å². The molecular weight excluding hydrogens is 332 g/mol. The van der Waals surface area contributed by atoms with Gasteiger partial charge in [0.25, 0.3) is 0 Å². The third kappa shape index (κ3) is 4.14. The second-order valence-corrected chi connectivity index (χ2v) is 8.94. The van der Waals surface area contributed by atoms with E-state index in [1.165, 1.54) is 12.8 Å². The number of nitrogens with zero attached hydrogens (tertiary/aromatic N) is 4. The molecule has 0 saturated carbocycles. The van der Waals surface area contributed by atoms with E-state index in [2.05, 4.69) is 23.9 Å². The molecule has 4 fully saturated rings. The predicted octanol–water partition coefficient (Wildman–Crippen LogP) is 1.09. The number of ether oxygens (including phenoxy) is 1. The smallest absolute Gasteiger partial charge is 0.410 e. The summed E-state index contributed by atoms with van der Waals surface area (Å²) in [6.07, 6.45) is 4.96. The van der Waals surface area contributed by atoms with Crippen LogP contribution in [-0.4, -0.2) is 105 Å². The molecule has 148 valence electrons. The van der Waals surface area contributed by atoms with Gasteiger partial charge in [0, 0.05) is 53.0 Å². The van der Waals surface area contributed by atoms with Gasteiger partial charge in [0.2, 0.25) is 5.91 Å². The van der Waals surface area contributed by atoms with Gasteiger partial charge >= 0.3 is 6.09 Å². The SMILES string of the molecule is CN1CCC2(CC1)CC(=O)N(C)C2.CN1CCC2(CC1)CN(C)C(=O)O2. The Labute approximate surface area is 157 Å². The van der Waals surface area contributed by atoms with Gasteiger partial charge in [-0.3, -0.25) is 4.79 Å². The van der Waals surface area contributed by atoms with Crippen LogP contribution in [0.4, 0.5) is 4.79 Å². The number of likely N-dealkylation sites (N-methyl/N-ethyl adjacent to an activating group) is 1. The molecule has 2 spiro atoms. The van der Waals surface area contributed by atoms with E-state index < -0.39 is 0 Å². The van der Waals surface area contributed by atoms with Crippen LogP contribution in [0.3, 0.4) is 0 Å². The van der Waals surface area contributed by atoms with Crippen LogP contribution in [0.1, 0.15) is 32.1 Å². The van der Waals surface area contributed by atoms with E-state index in [9.17, 15) is 9.59 Å². The molecule has 0 aromatic heterocycles. The fraction of sp³-hybridized carbons (Fsp3) is 0.895. The van der Waals surface area contributed by atoms with Gasteiger partial charge in [0.1, 0.15) is 5.60 Å². The van der Waals surface area contributed by atoms with Crippen LogP contribution in [0.2, 0.25) is 0 Å². The summed E-state index contributed by atoms with van der Waals surface area (Å²) in [7, 11) is 7.99. The van der Waals surface area contributed by atoms with Crippen molar-refractivity contribution in [3.05, 3.63) is 0 Å². The highest BCUT2D eigenvalue weighted by molar-refractivity contribution is 5.79. The molecule has 4 aliphatic rings. The Hall–Kier alpha value is -1.34. The Morgan fingerprint density at radius 1 is 0.769 bits per heavy atom. The van der Waals surface area contributed by atoms with Crippen molar-refractivity contribution in [2.24, 2.45) is 5.41 Å². The minimum Gasteiger partial charge on any atom is -0.441 e. The second kappa shape index (κ2) is 7.35. The molecule has 4 rings (SSSR count). The summed E-state index contributed by atoms with van der Waals surface area (Å²) < 4.78 is 5.41. The Balaban J connectivity index is 0.000000151. The van der Waals surface area contributed by atoms with E-state index in [-0.39, 0.29) is 11.7 Å². The number of rotatable bonds is 0. The first-order valence-electron chi connectivity index (χ1n) is 9.78. The molecule has 0 aromatic carbocycles. The summed E-state index contributed by atoms with van der Waals surface area (Å²) in [6, 6.07) is 0. The minimum atomic E-state index is -0.168. The van der Waals surface area contributed by atoms with Crippen molar-refractivity contribution >= 4 is 12.0 Å². The number of piperidine rings is 2. The lowest BCUT2D eigenvalue weighted by molar-refractivity contribution is -0.126. The van der Waals surface area contributed by atoms with Gasteiger partial charge in [-0.05, 0) is 45.4 Å². The molecule has 0 atom stereocenters. The molecule has 0 bridgehead atoms. The van der Waals surface area contributed by atoms with Gasteiger partial charge in [0.05, 0.1) is 6.54 Å². The molecule has 0 aromatic rings. The largest absolute Gasteiger partial charge is 0.441 e. The molecular formula is C19H34N4O3. The summed E-state index contributed by atoms with van der Waals surface area (Å²) in [4.78, 5) is 30.9. The van der Waals surface area contributed by atoms with Crippen molar-refractivity contribution in [2.75, 3.05) is 67.5 Å². The molecule has 4 aliphatic heterocycles. The Kier molecular flexibility index (Phi) is 5.49. The van der Waals surface area contributed by atoms with Crippen LogP contribution >= 0.6 is 0 Å². The Morgan fingerprint density at radius 3 is 1.73 bits per heavy atom. The molecule has 26 heavy (non-hydrogen) atoms. The average Bonchev–Trinajstić information content (AvgIpc) is 3.03. The topological polar surface area (TPSA) is 56.3 Å². The fourth-order valence-electron chi connectivity index (χ4n) is 4.61. The van der Waals surface area contributed by atoms with Crippen LogP contribution in [-0.2, 0) is 9.53 Å². The van der Waals surface area contributed by atoms with Crippen molar-refractivity contribution in [3.8, 4) is 0 Å². The zero-order chi connectivity index (χ0) is 18.9. The standard InChI is InChI=1S/C10H18N2O.C9H16N2O2/c1-11-5-3-10(4-6-11)7-9(13)12(2)8-10;1-10-5-3-9(4-6-10)7-11(2)8(12)13-9/h3-8H2,1-2H3;3-7H2,1-2H3. The number of amides is 2. The Bertz CT molecular complexity index is 489. The quantitative estimate of drug-likeness (QED) is 0.642. The van der Waals surface area contributed by atoms with Crippen LogP contribution in [0.15, 0.2) is 0 Å². The average molecular weight is 367 g/mol. The molecule has 0 radical (unpaired) electrons. The van der Waals surface area contributed by atoms with E-state index in [1.54, 1.807) is 11.9 Å². The van der Waals surface area contributed by atoms with E-state index in [1.807, 2.05) is 11.9 Å². The highest BCUT2D eigenvalue weighted by Crippen LogP contribution is 2.40. The van der Waals surface area contributed by atoms with Crippen molar-refractivity contribution < 1.29 is 14.3 Å². The third-order valence-electron chi connectivity index (χ3n) is 6.61. The highest BCUT2D eigenvalue weighted by atomic mass is 16.6. The van der Waals surface area contributed by atoms with E-state index in [4.69, 9.17) is 4.74 Å². The second-order valence-electron chi connectivity index (χ2n) is 8.94. The first-order valence-corrected chi connectivity index (χ1v) is 9.78. The van der Waals surface area contributed by atoms with E-state index in [0.29, 0.717) is 11.3 Å². The lowest BCUT2D eigenvalue weighted by atomic mass is 9.78. The number of carbonyl (C=O) groups is 2. The minimum absolute atomic E-state index is 0.162. The lowest BCUT2D eigenvalue weighted by Crippen LogP contribution is -2.45. The molecule has 0 N–H and O–H groups in total. The number of hydrogen-bond acceptors (Lipinski definition) is 5. The van der Waals surface area contributed by atoms with Crippen molar-refractivity contribution in [3.63, 3.8) is 0 Å². The molecule has 2 amide bonds. The predicted molar refractivity (Wildman–Crippen MR) is 100.0 cm³/mol. The van der Waals surface area contributed by atoms with E-state index >= 15 is 0 Å². The fourth-order valence-corrected chi connectivity index (χ4v) is 4.61. The van der Waals surface area contributed by atoms with Crippen molar-refractivity contribution in [1.82, 2.24) is 19.6 Å². The first kappa shape index (κ1) is 19.4. The van der Waals surface area contributed by atoms with Crippen molar-refractivity contribution in [2.45, 2.75) is 37.7 Å². The Morgan fingerprint density at radius 2 is 1.31 bits per heavy atom. The van der Waals surface area contributed by atoms with Gasteiger partial charge in [-0.15, -0.1) is 0 Å². The zero-order valence-electron chi connectivity index (χ0n) is 16.8. The number of hydrogen-bond donors (Lipinski definition) is 0. The third-order valence-corrected chi connectivity index (χ3v) is 6.61. The molecule has 0 unspecified atom stereocenters. The van der Waals surface area contributed by atoms with Crippen molar-refractivity contribution in [1.29, 1.82) is 0 Å². The maximum atomic E-state index is 11.4. The van der Waals surface area contributed by atoms with Crippen LogP contribution < -0.4 is 0 Å². The normalized spacial score (nSPS) is 28.5. The number of carbonyl (C=O) groups excluding carboxylic acids is 2. The summed E-state index contributed by atoms with van der Waals surface area (Å²) in [5.41, 5.74) is 0.163. The zero-order valence-corrected chi connectivity index (χ0v) is 16.8. The van der Waals surface area contributed by atoms with E-state index in [0.717, 1.165) is 58.5 Å². The van der Waals surface area contributed by atoms with Crippen LogP contribution in [0.5, 0.6) is 0 Å².